The molecule has 0 radical (unpaired) electrons. The van der Waals surface area contributed by atoms with Crippen molar-refractivity contribution in [3.05, 3.63) is 51.9 Å². The normalized spacial score (nSPS) is 18.9. The minimum absolute atomic E-state index is 0.0931. The number of thioether (sulfide) groups is 1. The Balaban J connectivity index is 1.93. The molecule has 34 heavy (non-hydrogen) atoms. The van der Waals surface area contributed by atoms with Gasteiger partial charge in [-0.05, 0) is 37.3 Å². The molecule has 1 atom stereocenters. The Kier molecular flexibility index (Phi) is 5.79. The number of benzene rings is 2. The van der Waals surface area contributed by atoms with Gasteiger partial charge in [0.1, 0.15) is 17.5 Å². The zero-order valence-corrected chi connectivity index (χ0v) is 19.0. The van der Waals surface area contributed by atoms with Crippen LogP contribution in [0.5, 0.6) is 0 Å². The lowest BCUT2D eigenvalue weighted by Crippen LogP contribution is -2.50. The third-order valence-electron chi connectivity index (χ3n) is 6.25. The maximum Gasteiger partial charge on any atom is 0.417 e. The average molecular weight is 497 g/mol. The van der Waals surface area contributed by atoms with Gasteiger partial charge in [0.2, 0.25) is 0 Å². The molecule has 5 rings (SSSR count). The second-order valence-corrected chi connectivity index (χ2v) is 9.57. The topological polar surface area (TPSA) is 50.2 Å². The van der Waals surface area contributed by atoms with Crippen molar-refractivity contribution in [2.75, 3.05) is 30.3 Å². The van der Waals surface area contributed by atoms with Crippen LogP contribution in [-0.4, -0.2) is 41.0 Å². The van der Waals surface area contributed by atoms with Crippen LogP contribution in [0.1, 0.15) is 18.9 Å². The molecule has 1 saturated heterocycles. The molecule has 1 unspecified atom stereocenters. The lowest BCUT2D eigenvalue weighted by Gasteiger charge is -2.36. The summed E-state index contributed by atoms with van der Waals surface area (Å²) in [6.07, 6.45) is -4.28. The highest BCUT2D eigenvalue weighted by molar-refractivity contribution is 7.99. The average Bonchev–Trinajstić information content (AvgIpc) is 3.00. The van der Waals surface area contributed by atoms with E-state index in [1.807, 2.05) is 11.8 Å². The molecule has 3 heterocycles. The SMILES string of the molecule is CC1CNCCN1c1nc(=O)n2c3c(c(-c4ccc(F)cc4F)c(C(F)(F)F)cc13)SCCC2. The summed E-state index contributed by atoms with van der Waals surface area (Å²) in [6.45, 7) is 3.87. The molecular formula is C23H21F5N4OS. The van der Waals surface area contributed by atoms with E-state index >= 15 is 0 Å². The van der Waals surface area contributed by atoms with Gasteiger partial charge in [-0.25, -0.2) is 13.6 Å². The van der Waals surface area contributed by atoms with Gasteiger partial charge in [0.15, 0.2) is 0 Å². The molecule has 5 nitrogen and oxygen atoms in total. The number of nitrogens with one attached hydrogen (secondary N) is 1. The summed E-state index contributed by atoms with van der Waals surface area (Å²) < 4.78 is 73.1. The molecule has 0 aliphatic carbocycles. The number of hydrogen-bond donors (Lipinski definition) is 1. The third kappa shape index (κ3) is 3.84. The van der Waals surface area contributed by atoms with Gasteiger partial charge in [-0.3, -0.25) is 4.57 Å². The Hall–Kier alpha value is -2.66. The lowest BCUT2D eigenvalue weighted by atomic mass is 9.95. The molecule has 1 fully saturated rings. The zero-order valence-electron chi connectivity index (χ0n) is 18.2. The van der Waals surface area contributed by atoms with Crippen LogP contribution in [0, 0.1) is 11.6 Å². The second kappa shape index (κ2) is 8.53. The highest BCUT2D eigenvalue weighted by Crippen LogP contribution is 2.48. The smallest absolute Gasteiger partial charge is 0.351 e. The molecule has 1 N–H and O–H groups in total. The van der Waals surface area contributed by atoms with Crippen molar-refractivity contribution in [3.63, 3.8) is 0 Å². The van der Waals surface area contributed by atoms with Crippen molar-refractivity contribution in [1.29, 1.82) is 0 Å². The highest BCUT2D eigenvalue weighted by atomic mass is 32.2. The fourth-order valence-corrected chi connectivity index (χ4v) is 5.89. The van der Waals surface area contributed by atoms with Gasteiger partial charge in [0.05, 0.1) is 11.1 Å². The summed E-state index contributed by atoms with van der Waals surface area (Å²) in [7, 11) is 0. The standard InChI is InChI=1S/C23H21F5N4OS/c1-12-11-29-5-7-31(12)21-15-10-16(23(26,27)28)18(14-4-3-13(24)9-17(14)25)20-19(15)32(22(33)30-21)6-2-8-34-20/h3-4,9-10,12,29H,2,5-8,11H2,1H3. The van der Waals surface area contributed by atoms with Crippen LogP contribution in [0.25, 0.3) is 22.0 Å². The number of aromatic nitrogens is 2. The predicted octanol–water partition coefficient (Wildman–Crippen LogP) is 4.65. The van der Waals surface area contributed by atoms with Crippen LogP contribution in [0.3, 0.4) is 0 Å². The van der Waals surface area contributed by atoms with Gasteiger partial charge < -0.3 is 10.2 Å². The van der Waals surface area contributed by atoms with Crippen molar-refractivity contribution in [2.24, 2.45) is 0 Å². The summed E-state index contributed by atoms with van der Waals surface area (Å²) in [5, 5.41) is 3.42. The van der Waals surface area contributed by atoms with Crippen molar-refractivity contribution < 1.29 is 22.0 Å². The Morgan fingerprint density at radius 2 is 1.97 bits per heavy atom. The molecule has 0 saturated carbocycles. The molecule has 0 amide bonds. The van der Waals surface area contributed by atoms with Gasteiger partial charge >= 0.3 is 11.9 Å². The number of halogens is 5. The largest absolute Gasteiger partial charge is 0.417 e. The van der Waals surface area contributed by atoms with Crippen molar-refractivity contribution in [1.82, 2.24) is 14.9 Å². The van der Waals surface area contributed by atoms with E-state index in [1.165, 1.54) is 4.57 Å². The second-order valence-electron chi connectivity index (χ2n) is 8.46. The minimum atomic E-state index is -4.82. The van der Waals surface area contributed by atoms with Crippen molar-refractivity contribution >= 4 is 28.5 Å². The Morgan fingerprint density at radius 3 is 2.68 bits per heavy atom. The summed E-state index contributed by atoms with van der Waals surface area (Å²) in [5.41, 5.74) is -2.00. The van der Waals surface area contributed by atoms with E-state index < -0.39 is 29.1 Å². The van der Waals surface area contributed by atoms with E-state index in [1.54, 1.807) is 0 Å². The van der Waals surface area contributed by atoms with Gasteiger partial charge in [-0.1, -0.05) is 0 Å². The van der Waals surface area contributed by atoms with E-state index in [9.17, 15) is 26.7 Å². The Labute approximate surface area is 196 Å². The number of anilines is 1. The van der Waals surface area contributed by atoms with E-state index in [2.05, 4.69) is 10.3 Å². The van der Waals surface area contributed by atoms with Crippen LogP contribution in [0.15, 0.2) is 34.0 Å². The van der Waals surface area contributed by atoms with Gasteiger partial charge in [0.25, 0.3) is 0 Å². The van der Waals surface area contributed by atoms with Crippen LogP contribution in [0.2, 0.25) is 0 Å². The minimum Gasteiger partial charge on any atom is -0.351 e. The fraction of sp³-hybridized carbons (Fsp3) is 0.391. The molecule has 2 aliphatic rings. The van der Waals surface area contributed by atoms with Crippen molar-refractivity contribution in [2.45, 2.75) is 37.0 Å². The molecule has 3 aromatic rings. The fourth-order valence-electron chi connectivity index (χ4n) is 4.70. The maximum absolute atomic E-state index is 14.8. The van der Waals surface area contributed by atoms with Crippen LogP contribution in [-0.2, 0) is 12.7 Å². The zero-order chi connectivity index (χ0) is 24.2. The highest BCUT2D eigenvalue weighted by Gasteiger charge is 2.38. The number of piperazine rings is 1. The Bertz CT molecular complexity index is 1340. The maximum atomic E-state index is 14.8. The first kappa shape index (κ1) is 23.1. The monoisotopic (exact) mass is 496 g/mol. The molecule has 180 valence electrons. The summed E-state index contributed by atoms with van der Waals surface area (Å²) in [6, 6.07) is 3.40. The number of hydrogen-bond acceptors (Lipinski definition) is 5. The number of nitrogens with zero attached hydrogens (tertiary/aromatic N) is 3. The number of aryl methyl sites for hydroxylation is 1. The first-order valence-electron chi connectivity index (χ1n) is 10.9. The van der Waals surface area contributed by atoms with E-state index in [-0.39, 0.29) is 39.8 Å². The van der Waals surface area contributed by atoms with Crippen LogP contribution in [0.4, 0.5) is 27.8 Å². The molecular weight excluding hydrogens is 475 g/mol. The molecule has 1 aromatic heterocycles. The van der Waals surface area contributed by atoms with Gasteiger partial charge in [-0.2, -0.15) is 18.2 Å². The van der Waals surface area contributed by atoms with Crippen molar-refractivity contribution in [3.8, 4) is 11.1 Å². The first-order valence-corrected chi connectivity index (χ1v) is 11.9. The molecule has 11 heteroatoms. The third-order valence-corrected chi connectivity index (χ3v) is 7.43. The van der Waals surface area contributed by atoms with E-state index in [4.69, 9.17) is 0 Å². The Morgan fingerprint density at radius 1 is 1.18 bits per heavy atom. The van der Waals surface area contributed by atoms with Gasteiger partial charge in [0, 0.05) is 59.7 Å². The predicted molar refractivity (Wildman–Crippen MR) is 121 cm³/mol. The van der Waals surface area contributed by atoms with E-state index in [0.717, 1.165) is 30.0 Å². The quantitative estimate of drug-likeness (QED) is 0.524. The molecule has 2 aliphatic heterocycles. The van der Waals surface area contributed by atoms with Gasteiger partial charge in [-0.15, -0.1) is 11.8 Å². The lowest BCUT2D eigenvalue weighted by molar-refractivity contribution is -0.137. The van der Waals surface area contributed by atoms with Crippen LogP contribution < -0.4 is 15.9 Å². The molecule has 2 aromatic carbocycles. The summed E-state index contributed by atoms with van der Waals surface area (Å²) in [4.78, 5) is 19.3. The summed E-state index contributed by atoms with van der Waals surface area (Å²) >= 11 is 1.15. The molecule has 0 bridgehead atoms. The van der Waals surface area contributed by atoms with E-state index in [0.29, 0.717) is 43.4 Å². The summed E-state index contributed by atoms with van der Waals surface area (Å²) in [5.74, 6) is -1.34. The first-order chi connectivity index (χ1) is 16.2. The number of alkyl halides is 3. The molecule has 0 spiro atoms. The van der Waals surface area contributed by atoms with Crippen LogP contribution >= 0.6 is 11.8 Å². The number of rotatable bonds is 2.